The molecule has 1 saturated heterocycles. The van der Waals surface area contributed by atoms with Gasteiger partial charge in [0.2, 0.25) is 11.8 Å². The van der Waals surface area contributed by atoms with Crippen molar-refractivity contribution in [3.05, 3.63) is 18.2 Å². The predicted octanol–water partition coefficient (Wildman–Crippen LogP) is 1.24. The zero-order valence-corrected chi connectivity index (χ0v) is 15.2. The van der Waals surface area contributed by atoms with Crippen LogP contribution in [-0.2, 0) is 9.59 Å². The minimum Gasteiger partial charge on any atom is -0.458 e. The Kier molecular flexibility index (Phi) is 7.42. The summed E-state index contributed by atoms with van der Waals surface area (Å²) < 4.78 is 18.5. The number of hydrogen-bond acceptors (Lipinski definition) is 6. The van der Waals surface area contributed by atoms with E-state index in [4.69, 9.17) is 4.74 Å². The number of hydrogen-bond donors (Lipinski definition) is 1. The van der Waals surface area contributed by atoms with Crippen molar-refractivity contribution in [2.45, 2.75) is 38.3 Å². The van der Waals surface area contributed by atoms with Crippen LogP contribution in [0.15, 0.2) is 12.4 Å². The number of halogens is 1. The molecule has 138 valence electrons. The molecule has 2 rings (SSSR count). The van der Waals surface area contributed by atoms with Gasteiger partial charge in [0.05, 0.1) is 18.9 Å². The van der Waals surface area contributed by atoms with Gasteiger partial charge in [-0.2, -0.15) is 11.8 Å². The fraction of sp³-hybridized carbons (Fsp3) is 0.625. The van der Waals surface area contributed by atoms with Gasteiger partial charge in [-0.05, 0) is 31.3 Å². The van der Waals surface area contributed by atoms with Crippen LogP contribution >= 0.6 is 11.8 Å². The van der Waals surface area contributed by atoms with Crippen molar-refractivity contribution < 1.29 is 18.7 Å². The molecule has 0 radical (unpaired) electrons. The Morgan fingerprint density at radius 3 is 2.84 bits per heavy atom. The first kappa shape index (κ1) is 19.4. The van der Waals surface area contributed by atoms with Gasteiger partial charge in [0.25, 0.3) is 0 Å². The van der Waals surface area contributed by atoms with Crippen LogP contribution < -0.4 is 10.1 Å². The molecule has 0 aliphatic carbocycles. The molecule has 0 saturated carbocycles. The molecule has 1 aliphatic rings. The van der Waals surface area contributed by atoms with Crippen LogP contribution in [0.4, 0.5) is 4.39 Å². The largest absolute Gasteiger partial charge is 0.458 e. The third-order valence-corrected chi connectivity index (χ3v) is 4.49. The van der Waals surface area contributed by atoms with Crippen molar-refractivity contribution in [2.24, 2.45) is 0 Å². The van der Waals surface area contributed by atoms with E-state index in [0.29, 0.717) is 19.5 Å². The Bertz CT molecular complexity index is 587. The van der Waals surface area contributed by atoms with Gasteiger partial charge in [-0.3, -0.25) is 9.59 Å². The van der Waals surface area contributed by atoms with Crippen LogP contribution in [0.2, 0.25) is 0 Å². The highest BCUT2D eigenvalue weighted by Gasteiger charge is 2.30. The van der Waals surface area contributed by atoms with Crippen molar-refractivity contribution in [1.82, 2.24) is 20.2 Å². The quantitative estimate of drug-likeness (QED) is 0.777. The molecule has 1 fully saturated rings. The molecule has 1 N–H and O–H groups in total. The Morgan fingerprint density at radius 2 is 2.20 bits per heavy atom. The molecule has 1 aromatic rings. The smallest absolute Gasteiger partial charge is 0.316 e. The van der Waals surface area contributed by atoms with Crippen molar-refractivity contribution in [3.8, 4) is 6.01 Å². The van der Waals surface area contributed by atoms with E-state index in [1.165, 1.54) is 6.92 Å². The summed E-state index contributed by atoms with van der Waals surface area (Å²) in [5.74, 6) is -0.0604. The molecule has 7 nitrogen and oxygen atoms in total. The van der Waals surface area contributed by atoms with Crippen molar-refractivity contribution in [3.63, 3.8) is 0 Å². The van der Waals surface area contributed by atoms with Crippen LogP contribution in [0.1, 0.15) is 26.2 Å². The summed E-state index contributed by atoms with van der Waals surface area (Å²) in [6.45, 7) is 2.43. The van der Waals surface area contributed by atoms with Crippen molar-refractivity contribution in [1.29, 1.82) is 0 Å². The summed E-state index contributed by atoms with van der Waals surface area (Å²) in [5, 5.41) is 2.73. The molecule has 2 atom stereocenters. The number of piperidine rings is 1. The first-order chi connectivity index (χ1) is 12.0. The number of carbonyl (C=O) groups excluding carboxylic acids is 2. The third-order valence-electron chi connectivity index (χ3n) is 3.84. The van der Waals surface area contributed by atoms with E-state index in [1.807, 2.05) is 6.26 Å². The Labute approximate surface area is 150 Å². The summed E-state index contributed by atoms with van der Waals surface area (Å²) in [6.07, 6.45) is 5.94. The summed E-state index contributed by atoms with van der Waals surface area (Å²) in [4.78, 5) is 33.4. The minimum atomic E-state index is -0.528. The van der Waals surface area contributed by atoms with Crippen LogP contribution in [0.5, 0.6) is 6.01 Å². The number of ether oxygens (including phenoxy) is 1. The topological polar surface area (TPSA) is 84.4 Å². The maximum absolute atomic E-state index is 12.9. The number of likely N-dealkylation sites (tertiary alicyclic amines) is 1. The van der Waals surface area contributed by atoms with E-state index in [1.54, 1.807) is 16.7 Å². The normalized spacial score (nSPS) is 18.5. The molecule has 0 spiro atoms. The molecule has 2 heterocycles. The number of amides is 2. The number of rotatable bonds is 7. The molecular formula is C16H23FN4O3S. The number of nitrogens with one attached hydrogen (secondary N) is 1. The van der Waals surface area contributed by atoms with Gasteiger partial charge < -0.3 is 15.0 Å². The minimum absolute atomic E-state index is 0.0986. The summed E-state index contributed by atoms with van der Waals surface area (Å²) in [6, 6.07) is -0.424. The van der Waals surface area contributed by atoms with E-state index in [2.05, 4.69) is 15.3 Å². The van der Waals surface area contributed by atoms with E-state index in [0.717, 1.165) is 31.0 Å². The second-order valence-electron chi connectivity index (χ2n) is 5.88. The monoisotopic (exact) mass is 370 g/mol. The maximum Gasteiger partial charge on any atom is 0.316 e. The lowest BCUT2D eigenvalue weighted by Gasteiger charge is -2.34. The standard InChI is InChI=1S/C16H23FN4O3S/c1-11(22)20-14(5-7-25-2)15(23)21-6-3-4-13(10-21)24-16-18-8-12(17)9-19-16/h8-9,13-14H,3-7,10H2,1-2H3,(H,20,22). The number of thioether (sulfide) groups is 1. The average molecular weight is 370 g/mol. The highest BCUT2D eigenvalue weighted by Crippen LogP contribution is 2.17. The van der Waals surface area contributed by atoms with Crippen LogP contribution in [0, 0.1) is 5.82 Å². The Hall–Kier alpha value is -1.90. The zero-order valence-electron chi connectivity index (χ0n) is 14.4. The summed E-state index contributed by atoms with van der Waals surface area (Å²) in [5.41, 5.74) is 0. The van der Waals surface area contributed by atoms with E-state index in [-0.39, 0.29) is 23.9 Å². The highest BCUT2D eigenvalue weighted by atomic mass is 32.2. The molecule has 9 heteroatoms. The third kappa shape index (κ3) is 6.15. The molecule has 25 heavy (non-hydrogen) atoms. The van der Waals surface area contributed by atoms with Gasteiger partial charge in [-0.1, -0.05) is 0 Å². The van der Waals surface area contributed by atoms with E-state index >= 15 is 0 Å². The van der Waals surface area contributed by atoms with Gasteiger partial charge in [-0.25, -0.2) is 14.4 Å². The number of carbonyl (C=O) groups is 2. The van der Waals surface area contributed by atoms with E-state index < -0.39 is 11.9 Å². The highest BCUT2D eigenvalue weighted by molar-refractivity contribution is 7.98. The van der Waals surface area contributed by atoms with Gasteiger partial charge in [0.15, 0.2) is 5.82 Å². The molecule has 2 amide bonds. The molecule has 0 aromatic carbocycles. The van der Waals surface area contributed by atoms with Crippen LogP contribution in [0.25, 0.3) is 0 Å². The SMILES string of the molecule is CSCCC(NC(C)=O)C(=O)N1CCCC(Oc2ncc(F)cn2)C1. The lowest BCUT2D eigenvalue weighted by atomic mass is 10.1. The predicted molar refractivity (Wildman–Crippen MR) is 92.8 cm³/mol. The summed E-state index contributed by atoms with van der Waals surface area (Å²) >= 11 is 1.63. The molecule has 1 aromatic heterocycles. The van der Waals surface area contributed by atoms with Gasteiger partial charge >= 0.3 is 6.01 Å². The Balaban J connectivity index is 1.96. The first-order valence-electron chi connectivity index (χ1n) is 8.18. The van der Waals surface area contributed by atoms with Crippen LogP contribution in [-0.4, -0.2) is 63.9 Å². The second kappa shape index (κ2) is 9.55. The van der Waals surface area contributed by atoms with Gasteiger partial charge in [0.1, 0.15) is 12.1 Å². The van der Waals surface area contributed by atoms with Crippen LogP contribution in [0.3, 0.4) is 0 Å². The fourth-order valence-electron chi connectivity index (χ4n) is 2.70. The molecule has 0 bridgehead atoms. The van der Waals surface area contributed by atoms with Gasteiger partial charge in [-0.15, -0.1) is 0 Å². The van der Waals surface area contributed by atoms with E-state index in [9.17, 15) is 14.0 Å². The second-order valence-corrected chi connectivity index (χ2v) is 6.87. The fourth-order valence-corrected chi connectivity index (χ4v) is 3.18. The lowest BCUT2D eigenvalue weighted by molar-refractivity contribution is -0.138. The van der Waals surface area contributed by atoms with Crippen molar-refractivity contribution in [2.75, 3.05) is 25.1 Å². The number of nitrogens with zero attached hydrogens (tertiary/aromatic N) is 3. The maximum atomic E-state index is 12.9. The molecular weight excluding hydrogens is 347 g/mol. The van der Waals surface area contributed by atoms with Crippen molar-refractivity contribution >= 4 is 23.6 Å². The molecule has 1 aliphatic heterocycles. The lowest BCUT2D eigenvalue weighted by Crippen LogP contribution is -2.53. The number of aromatic nitrogens is 2. The Morgan fingerprint density at radius 1 is 1.48 bits per heavy atom. The molecule has 2 unspecified atom stereocenters. The first-order valence-corrected chi connectivity index (χ1v) is 9.58. The van der Waals surface area contributed by atoms with Gasteiger partial charge in [0, 0.05) is 13.5 Å². The summed E-state index contributed by atoms with van der Waals surface area (Å²) in [7, 11) is 0. The average Bonchev–Trinajstić information content (AvgIpc) is 2.60. The zero-order chi connectivity index (χ0) is 18.2.